The van der Waals surface area contributed by atoms with Crippen molar-refractivity contribution in [3.8, 4) is 11.5 Å². The van der Waals surface area contributed by atoms with Crippen LogP contribution < -0.4 is 14.8 Å². The van der Waals surface area contributed by atoms with E-state index in [4.69, 9.17) is 14.2 Å². The van der Waals surface area contributed by atoms with Crippen molar-refractivity contribution >= 4 is 23.5 Å². The van der Waals surface area contributed by atoms with Gasteiger partial charge in [0.15, 0.2) is 13.2 Å². The minimum absolute atomic E-state index is 0.326. The minimum atomic E-state index is -0.679. The molecule has 142 valence electrons. The molecule has 0 fully saturated rings. The highest BCUT2D eigenvalue weighted by Crippen LogP contribution is 2.16. The van der Waals surface area contributed by atoms with Gasteiger partial charge in [0, 0.05) is 5.69 Å². The first-order valence-corrected chi connectivity index (χ1v) is 7.92. The van der Waals surface area contributed by atoms with Crippen LogP contribution in [0.2, 0.25) is 0 Å². The Balaban J connectivity index is 1.72. The van der Waals surface area contributed by atoms with Crippen molar-refractivity contribution < 1.29 is 33.3 Å². The van der Waals surface area contributed by atoms with E-state index >= 15 is 0 Å². The highest BCUT2D eigenvalue weighted by atomic mass is 16.6. The lowest BCUT2D eigenvalue weighted by Crippen LogP contribution is -2.23. The molecular weight excluding hydrogens is 354 g/mol. The average molecular weight is 373 g/mol. The summed E-state index contributed by atoms with van der Waals surface area (Å²) < 4.78 is 19.7. The van der Waals surface area contributed by atoms with Crippen LogP contribution in [0, 0.1) is 0 Å². The van der Waals surface area contributed by atoms with E-state index in [9.17, 15) is 14.4 Å². The predicted octanol–water partition coefficient (Wildman–Crippen LogP) is 2.04. The summed E-state index contributed by atoms with van der Waals surface area (Å²) >= 11 is 0. The maximum atomic E-state index is 11.8. The van der Waals surface area contributed by atoms with Crippen LogP contribution in [0.15, 0.2) is 48.5 Å². The molecule has 0 saturated carbocycles. The number of hydrogen-bond donors (Lipinski definition) is 1. The Morgan fingerprint density at radius 2 is 1.48 bits per heavy atom. The van der Waals surface area contributed by atoms with Gasteiger partial charge in [-0.15, -0.1) is 0 Å². The third-order valence-electron chi connectivity index (χ3n) is 3.37. The summed E-state index contributed by atoms with van der Waals surface area (Å²) in [5, 5.41) is 2.54. The summed E-state index contributed by atoms with van der Waals surface area (Å²) in [4.78, 5) is 34.8. The quantitative estimate of drug-likeness (QED) is 0.707. The highest BCUT2D eigenvalue weighted by Gasteiger charge is 2.10. The van der Waals surface area contributed by atoms with Gasteiger partial charge in [0.1, 0.15) is 11.5 Å². The third kappa shape index (κ3) is 6.35. The fourth-order valence-electron chi connectivity index (χ4n) is 2.01. The van der Waals surface area contributed by atoms with Gasteiger partial charge in [-0.3, -0.25) is 4.79 Å². The first kappa shape index (κ1) is 19.8. The molecule has 2 aromatic rings. The van der Waals surface area contributed by atoms with Crippen molar-refractivity contribution in [3.63, 3.8) is 0 Å². The molecule has 1 N–H and O–H groups in total. The van der Waals surface area contributed by atoms with Crippen molar-refractivity contribution in [1.29, 1.82) is 0 Å². The second-order valence-corrected chi connectivity index (χ2v) is 5.24. The molecule has 2 aromatic carbocycles. The Labute approximate surface area is 156 Å². The monoisotopic (exact) mass is 373 g/mol. The van der Waals surface area contributed by atoms with Crippen LogP contribution >= 0.6 is 0 Å². The zero-order valence-corrected chi connectivity index (χ0v) is 14.9. The van der Waals surface area contributed by atoms with Crippen LogP contribution in [0.1, 0.15) is 10.4 Å². The van der Waals surface area contributed by atoms with Crippen LogP contribution in [0.5, 0.6) is 11.5 Å². The molecule has 8 heteroatoms. The summed E-state index contributed by atoms with van der Waals surface area (Å²) in [6, 6.07) is 12.8. The van der Waals surface area contributed by atoms with E-state index in [2.05, 4.69) is 10.1 Å². The number of carbonyl (C=O) groups excluding carboxylic acids is 3. The zero-order valence-electron chi connectivity index (χ0n) is 14.9. The maximum Gasteiger partial charge on any atom is 0.344 e. The number of hydrogen-bond acceptors (Lipinski definition) is 7. The number of esters is 2. The van der Waals surface area contributed by atoms with E-state index in [1.807, 2.05) is 0 Å². The molecule has 1 amide bonds. The lowest BCUT2D eigenvalue weighted by Gasteiger charge is -2.08. The predicted molar refractivity (Wildman–Crippen MR) is 95.9 cm³/mol. The lowest BCUT2D eigenvalue weighted by molar-refractivity contribution is -0.149. The van der Waals surface area contributed by atoms with Gasteiger partial charge in [0.05, 0.1) is 19.8 Å². The van der Waals surface area contributed by atoms with Crippen LogP contribution in [0.4, 0.5) is 5.69 Å². The molecule has 0 radical (unpaired) electrons. The van der Waals surface area contributed by atoms with Gasteiger partial charge in [-0.1, -0.05) is 0 Å². The van der Waals surface area contributed by atoms with Crippen LogP contribution in [0.25, 0.3) is 0 Å². The van der Waals surface area contributed by atoms with Crippen molar-refractivity contribution in [1.82, 2.24) is 0 Å². The number of rotatable bonds is 8. The number of methoxy groups -OCH3 is 2. The van der Waals surface area contributed by atoms with E-state index < -0.39 is 24.5 Å². The van der Waals surface area contributed by atoms with Gasteiger partial charge >= 0.3 is 11.9 Å². The Bertz CT molecular complexity index is 785. The van der Waals surface area contributed by atoms with E-state index in [0.717, 1.165) is 0 Å². The number of ether oxygens (including phenoxy) is 4. The van der Waals surface area contributed by atoms with Crippen molar-refractivity contribution in [2.24, 2.45) is 0 Å². The highest BCUT2D eigenvalue weighted by molar-refractivity contribution is 5.94. The van der Waals surface area contributed by atoms with Gasteiger partial charge in [0.2, 0.25) is 0 Å². The normalized spacial score (nSPS) is 9.85. The molecule has 0 aliphatic carbocycles. The van der Waals surface area contributed by atoms with E-state index in [0.29, 0.717) is 22.7 Å². The smallest absolute Gasteiger partial charge is 0.344 e. The third-order valence-corrected chi connectivity index (χ3v) is 3.37. The Morgan fingerprint density at radius 3 is 2.07 bits per heavy atom. The van der Waals surface area contributed by atoms with Crippen LogP contribution in [0.3, 0.4) is 0 Å². The SMILES string of the molecule is COC(=O)c1ccc(NC(=O)COC(=O)COc2ccc(OC)cc2)cc1. The summed E-state index contributed by atoms with van der Waals surface area (Å²) in [7, 11) is 2.83. The maximum absolute atomic E-state index is 11.8. The molecule has 2 rings (SSSR count). The van der Waals surface area contributed by atoms with Crippen LogP contribution in [-0.2, 0) is 19.1 Å². The van der Waals surface area contributed by atoms with Gasteiger partial charge in [-0.05, 0) is 48.5 Å². The van der Waals surface area contributed by atoms with Crippen molar-refractivity contribution in [3.05, 3.63) is 54.1 Å². The van der Waals surface area contributed by atoms with Gasteiger partial charge < -0.3 is 24.3 Å². The second-order valence-electron chi connectivity index (χ2n) is 5.24. The summed E-state index contributed by atoms with van der Waals surface area (Å²) in [5.41, 5.74) is 0.816. The van der Waals surface area contributed by atoms with Crippen molar-refractivity contribution in [2.75, 3.05) is 32.8 Å². The molecule has 0 heterocycles. The Morgan fingerprint density at radius 1 is 0.852 bits per heavy atom. The standard InChI is InChI=1S/C19H19NO7/c1-24-15-7-9-16(10-8-15)26-12-18(22)27-11-17(21)20-14-5-3-13(4-6-14)19(23)25-2/h3-10H,11-12H2,1-2H3,(H,20,21). The molecule has 0 aliphatic heterocycles. The summed E-state index contributed by atoms with van der Waals surface area (Å²) in [5.74, 6) is -0.525. The van der Waals surface area contributed by atoms with E-state index in [1.54, 1.807) is 43.5 Å². The summed E-state index contributed by atoms with van der Waals surface area (Å²) in [6.45, 7) is -0.781. The molecule has 0 aromatic heterocycles. The molecule has 0 bridgehead atoms. The minimum Gasteiger partial charge on any atom is -0.497 e. The van der Waals surface area contributed by atoms with Gasteiger partial charge in [-0.2, -0.15) is 0 Å². The lowest BCUT2D eigenvalue weighted by atomic mass is 10.2. The average Bonchev–Trinajstić information content (AvgIpc) is 2.71. The summed E-state index contributed by atoms with van der Waals surface area (Å²) in [6.07, 6.45) is 0. The first-order chi connectivity index (χ1) is 13.0. The fourth-order valence-corrected chi connectivity index (χ4v) is 2.01. The van der Waals surface area contributed by atoms with Gasteiger partial charge in [-0.25, -0.2) is 9.59 Å². The molecule has 8 nitrogen and oxygen atoms in total. The molecule has 0 spiro atoms. The molecule has 0 unspecified atom stereocenters. The second kappa shape index (κ2) is 9.81. The first-order valence-electron chi connectivity index (χ1n) is 7.92. The zero-order chi connectivity index (χ0) is 19.6. The number of amides is 1. The number of benzene rings is 2. The Kier molecular flexibility index (Phi) is 7.18. The molecule has 0 saturated heterocycles. The fraction of sp³-hybridized carbons (Fsp3) is 0.211. The van der Waals surface area contributed by atoms with Crippen LogP contribution in [-0.4, -0.2) is 45.3 Å². The Hall–Kier alpha value is -3.55. The van der Waals surface area contributed by atoms with E-state index in [1.165, 1.54) is 19.2 Å². The van der Waals surface area contributed by atoms with E-state index in [-0.39, 0.29) is 6.61 Å². The van der Waals surface area contributed by atoms with Crippen molar-refractivity contribution in [2.45, 2.75) is 0 Å². The topological polar surface area (TPSA) is 100 Å². The molecule has 0 aliphatic rings. The van der Waals surface area contributed by atoms with Gasteiger partial charge in [0.25, 0.3) is 5.91 Å². The molecular formula is C19H19NO7. The molecule has 27 heavy (non-hydrogen) atoms. The number of carbonyl (C=O) groups is 3. The number of anilines is 1. The number of nitrogens with one attached hydrogen (secondary N) is 1. The molecule has 0 atom stereocenters. The largest absolute Gasteiger partial charge is 0.497 e.